The Labute approximate surface area is 121 Å². The molecule has 2 aromatic rings. The van der Waals surface area contributed by atoms with Gasteiger partial charge in [0.1, 0.15) is 17.2 Å². The van der Waals surface area contributed by atoms with Crippen LogP contribution in [0, 0.1) is 11.6 Å². The standard InChI is InChI=1S/C14H17ClF2N2O/c1-4-20-7-8(2)19-12-6-10(16)5-11(17)13(12)18-14(19)9(3)15/h5-6,8-9H,4,7H2,1-3H3. The Morgan fingerprint density at radius 3 is 2.65 bits per heavy atom. The molecule has 1 aromatic heterocycles. The molecule has 1 heterocycles. The third kappa shape index (κ3) is 2.79. The predicted octanol–water partition coefficient (Wildman–Crippen LogP) is 4.21. The first-order valence-corrected chi connectivity index (χ1v) is 6.98. The quantitative estimate of drug-likeness (QED) is 0.774. The number of aromatic nitrogens is 2. The van der Waals surface area contributed by atoms with Crippen LogP contribution in [0.2, 0.25) is 0 Å². The van der Waals surface area contributed by atoms with Crippen molar-refractivity contribution in [1.82, 2.24) is 9.55 Å². The van der Waals surface area contributed by atoms with E-state index < -0.39 is 17.0 Å². The number of imidazole rings is 1. The molecule has 0 N–H and O–H groups in total. The largest absolute Gasteiger partial charge is 0.380 e. The van der Waals surface area contributed by atoms with Crippen molar-refractivity contribution in [2.45, 2.75) is 32.2 Å². The van der Waals surface area contributed by atoms with Gasteiger partial charge in [-0.05, 0) is 26.8 Å². The SMILES string of the molecule is CCOCC(C)n1c(C(C)Cl)nc2c(F)cc(F)cc21. The summed E-state index contributed by atoms with van der Waals surface area (Å²) in [6.07, 6.45) is 0. The smallest absolute Gasteiger partial charge is 0.153 e. The molecule has 0 saturated carbocycles. The number of fused-ring (bicyclic) bond motifs is 1. The summed E-state index contributed by atoms with van der Waals surface area (Å²) in [5.41, 5.74) is 0.537. The number of hydrogen-bond acceptors (Lipinski definition) is 2. The lowest BCUT2D eigenvalue weighted by molar-refractivity contribution is 0.119. The summed E-state index contributed by atoms with van der Waals surface area (Å²) in [6.45, 7) is 6.55. The maximum Gasteiger partial charge on any atom is 0.153 e. The van der Waals surface area contributed by atoms with E-state index in [1.807, 2.05) is 13.8 Å². The molecule has 2 unspecified atom stereocenters. The monoisotopic (exact) mass is 302 g/mol. The summed E-state index contributed by atoms with van der Waals surface area (Å²) in [5.74, 6) is -0.798. The molecule has 0 spiro atoms. The van der Waals surface area contributed by atoms with Crippen LogP contribution in [0.4, 0.5) is 8.78 Å². The molecular formula is C14H17ClF2N2O. The molecule has 1 aromatic carbocycles. The highest BCUT2D eigenvalue weighted by molar-refractivity contribution is 6.20. The molecule has 0 saturated heterocycles. The zero-order chi connectivity index (χ0) is 14.9. The van der Waals surface area contributed by atoms with Gasteiger partial charge in [-0.1, -0.05) is 0 Å². The van der Waals surface area contributed by atoms with Crippen LogP contribution in [0.25, 0.3) is 11.0 Å². The highest BCUT2D eigenvalue weighted by Crippen LogP contribution is 2.30. The number of halogens is 3. The van der Waals surface area contributed by atoms with Crippen molar-refractivity contribution in [3.8, 4) is 0 Å². The molecule has 0 radical (unpaired) electrons. The van der Waals surface area contributed by atoms with E-state index in [2.05, 4.69) is 4.98 Å². The van der Waals surface area contributed by atoms with E-state index >= 15 is 0 Å². The van der Waals surface area contributed by atoms with E-state index in [0.29, 0.717) is 24.6 Å². The van der Waals surface area contributed by atoms with Crippen molar-refractivity contribution >= 4 is 22.6 Å². The average Bonchev–Trinajstić information content (AvgIpc) is 2.75. The van der Waals surface area contributed by atoms with Crippen LogP contribution in [0.1, 0.15) is 38.0 Å². The molecule has 2 atom stereocenters. The number of nitrogens with zero attached hydrogens (tertiary/aromatic N) is 2. The van der Waals surface area contributed by atoms with Gasteiger partial charge in [-0.25, -0.2) is 13.8 Å². The van der Waals surface area contributed by atoms with E-state index in [9.17, 15) is 8.78 Å². The second-order valence-electron chi connectivity index (χ2n) is 4.72. The first-order valence-electron chi connectivity index (χ1n) is 6.54. The Morgan fingerprint density at radius 2 is 2.05 bits per heavy atom. The van der Waals surface area contributed by atoms with Gasteiger partial charge in [0, 0.05) is 12.7 Å². The number of hydrogen-bond donors (Lipinski definition) is 0. The van der Waals surface area contributed by atoms with Gasteiger partial charge >= 0.3 is 0 Å². The third-order valence-electron chi connectivity index (χ3n) is 3.10. The van der Waals surface area contributed by atoms with E-state index in [0.717, 1.165) is 6.07 Å². The molecule has 2 rings (SSSR count). The minimum Gasteiger partial charge on any atom is -0.380 e. The minimum absolute atomic E-state index is 0.114. The molecular weight excluding hydrogens is 286 g/mol. The third-order valence-corrected chi connectivity index (χ3v) is 3.30. The molecule has 0 fully saturated rings. The van der Waals surface area contributed by atoms with Crippen LogP contribution in [0.5, 0.6) is 0 Å². The topological polar surface area (TPSA) is 27.1 Å². The fourth-order valence-electron chi connectivity index (χ4n) is 2.25. The van der Waals surface area contributed by atoms with Crippen molar-refractivity contribution in [2.75, 3.05) is 13.2 Å². The maximum absolute atomic E-state index is 13.8. The van der Waals surface area contributed by atoms with Gasteiger partial charge in [-0.3, -0.25) is 0 Å². The minimum atomic E-state index is -0.680. The van der Waals surface area contributed by atoms with Crippen LogP contribution < -0.4 is 0 Å². The van der Waals surface area contributed by atoms with Gasteiger partial charge in [0.05, 0.1) is 23.5 Å². The first-order chi connectivity index (χ1) is 9.45. The number of ether oxygens (including phenoxy) is 1. The summed E-state index contributed by atoms with van der Waals surface area (Å²) in [7, 11) is 0. The van der Waals surface area contributed by atoms with Gasteiger partial charge in [0.25, 0.3) is 0 Å². The van der Waals surface area contributed by atoms with Gasteiger partial charge < -0.3 is 9.30 Å². The van der Waals surface area contributed by atoms with Crippen molar-refractivity contribution in [3.05, 3.63) is 29.6 Å². The van der Waals surface area contributed by atoms with E-state index in [4.69, 9.17) is 16.3 Å². The Morgan fingerprint density at radius 1 is 1.35 bits per heavy atom. The average molecular weight is 303 g/mol. The molecule has 3 nitrogen and oxygen atoms in total. The van der Waals surface area contributed by atoms with E-state index in [1.54, 1.807) is 11.5 Å². The van der Waals surface area contributed by atoms with Crippen LogP contribution in [-0.2, 0) is 4.74 Å². The van der Waals surface area contributed by atoms with Crippen molar-refractivity contribution in [2.24, 2.45) is 0 Å². The van der Waals surface area contributed by atoms with Gasteiger partial charge in [0.15, 0.2) is 5.82 Å². The second-order valence-corrected chi connectivity index (χ2v) is 5.37. The Balaban J connectivity index is 2.62. The Kier molecular flexibility index (Phi) is 4.60. The van der Waals surface area contributed by atoms with Crippen molar-refractivity contribution in [3.63, 3.8) is 0 Å². The fraction of sp³-hybridized carbons (Fsp3) is 0.500. The summed E-state index contributed by atoms with van der Waals surface area (Å²) < 4.78 is 34.4. The lowest BCUT2D eigenvalue weighted by atomic mass is 10.2. The summed E-state index contributed by atoms with van der Waals surface area (Å²) >= 11 is 6.11. The zero-order valence-corrected chi connectivity index (χ0v) is 12.4. The lowest BCUT2D eigenvalue weighted by Gasteiger charge is -2.18. The highest BCUT2D eigenvalue weighted by atomic mass is 35.5. The Bertz CT molecular complexity index is 613. The summed E-state index contributed by atoms with van der Waals surface area (Å²) in [4.78, 5) is 4.22. The molecule has 0 bridgehead atoms. The number of alkyl halides is 1. The summed E-state index contributed by atoms with van der Waals surface area (Å²) in [5, 5.41) is -0.408. The van der Waals surface area contributed by atoms with E-state index in [-0.39, 0.29) is 11.6 Å². The lowest BCUT2D eigenvalue weighted by Crippen LogP contribution is -2.15. The van der Waals surface area contributed by atoms with Gasteiger partial charge in [0.2, 0.25) is 0 Å². The normalized spacial score (nSPS) is 14.7. The second kappa shape index (κ2) is 6.06. The van der Waals surface area contributed by atoms with Crippen LogP contribution >= 0.6 is 11.6 Å². The van der Waals surface area contributed by atoms with Gasteiger partial charge in [-0.2, -0.15) is 0 Å². The molecule has 0 amide bonds. The number of rotatable bonds is 5. The predicted molar refractivity (Wildman–Crippen MR) is 75.1 cm³/mol. The maximum atomic E-state index is 13.8. The van der Waals surface area contributed by atoms with Crippen molar-refractivity contribution < 1.29 is 13.5 Å². The summed E-state index contributed by atoms with van der Waals surface area (Å²) in [6, 6.07) is 1.99. The fourth-order valence-corrected chi connectivity index (χ4v) is 2.40. The Hall–Kier alpha value is -1.20. The highest BCUT2D eigenvalue weighted by Gasteiger charge is 2.21. The van der Waals surface area contributed by atoms with Crippen LogP contribution in [0.15, 0.2) is 12.1 Å². The van der Waals surface area contributed by atoms with Gasteiger partial charge in [-0.15, -0.1) is 11.6 Å². The molecule has 110 valence electrons. The van der Waals surface area contributed by atoms with Crippen LogP contribution in [-0.4, -0.2) is 22.8 Å². The number of benzene rings is 1. The molecule has 0 aliphatic carbocycles. The van der Waals surface area contributed by atoms with Crippen molar-refractivity contribution in [1.29, 1.82) is 0 Å². The zero-order valence-electron chi connectivity index (χ0n) is 11.7. The molecule has 0 aliphatic rings. The molecule has 20 heavy (non-hydrogen) atoms. The van der Waals surface area contributed by atoms with E-state index in [1.165, 1.54) is 6.07 Å². The van der Waals surface area contributed by atoms with Crippen LogP contribution in [0.3, 0.4) is 0 Å². The molecule has 6 heteroatoms. The molecule has 0 aliphatic heterocycles. The first kappa shape index (κ1) is 15.2.